The smallest absolute Gasteiger partial charge is 0.192 e. The minimum Gasteiger partial charge on any atom is -0.413 e. The fourth-order valence-corrected chi connectivity index (χ4v) is 12.9. The van der Waals surface area contributed by atoms with Crippen molar-refractivity contribution in [2.24, 2.45) is 39.9 Å². The molecular formula is C30H54O4Si. The molecule has 1 aliphatic heterocycles. The first-order chi connectivity index (χ1) is 16.1. The molecular weight excluding hydrogens is 452 g/mol. The Morgan fingerprint density at radius 1 is 1.03 bits per heavy atom. The lowest BCUT2D eigenvalue weighted by Gasteiger charge is -2.71. The predicted octanol–water partition coefficient (Wildman–Crippen LogP) is 6.57. The van der Waals surface area contributed by atoms with Gasteiger partial charge in [-0.05, 0) is 55.7 Å². The van der Waals surface area contributed by atoms with E-state index in [0.29, 0.717) is 12.5 Å². The Labute approximate surface area is 216 Å². The van der Waals surface area contributed by atoms with Crippen LogP contribution in [0.1, 0.15) is 89.0 Å². The summed E-state index contributed by atoms with van der Waals surface area (Å²) in [7, 11) is -1.92. The van der Waals surface area contributed by atoms with Gasteiger partial charge in [-0.3, -0.25) is 0 Å². The third-order valence-electron chi connectivity index (χ3n) is 12.5. The fourth-order valence-electron chi connectivity index (χ4n) is 9.93. The summed E-state index contributed by atoms with van der Waals surface area (Å²) in [6.07, 6.45) is 1.18. The lowest BCUT2D eigenvalue weighted by molar-refractivity contribution is -0.323. The average Bonchev–Trinajstić information content (AvgIpc) is 2.80. The first kappa shape index (κ1) is 27.8. The molecule has 1 heterocycles. The summed E-state index contributed by atoms with van der Waals surface area (Å²) in [5.41, 5.74) is 0.877. The molecule has 5 heteroatoms. The lowest BCUT2D eigenvalue weighted by atomic mass is 9.39. The number of ether oxygens (including phenoxy) is 1. The van der Waals surface area contributed by atoms with Crippen LogP contribution in [-0.4, -0.2) is 49.1 Å². The molecule has 3 aliphatic carbocycles. The van der Waals surface area contributed by atoms with Crippen molar-refractivity contribution in [2.75, 3.05) is 6.61 Å². The Morgan fingerprint density at radius 2 is 1.60 bits per heavy atom. The van der Waals surface area contributed by atoms with Gasteiger partial charge in [0.1, 0.15) is 0 Å². The molecule has 0 radical (unpaired) electrons. The Kier molecular flexibility index (Phi) is 6.88. The summed E-state index contributed by atoms with van der Waals surface area (Å²) in [5, 5.41) is 25.3. The molecule has 2 N–H and O–H groups in total. The molecule has 3 fully saturated rings. The van der Waals surface area contributed by atoms with Crippen LogP contribution in [0.25, 0.3) is 0 Å². The topological polar surface area (TPSA) is 58.9 Å². The van der Waals surface area contributed by atoms with Crippen LogP contribution >= 0.6 is 0 Å². The fraction of sp³-hybridized carbons (Fsp3) is 0.933. The van der Waals surface area contributed by atoms with E-state index in [4.69, 9.17) is 9.16 Å². The molecule has 10 atom stereocenters. The highest BCUT2D eigenvalue weighted by Crippen LogP contribution is 2.69. The number of aliphatic hydroxyl groups excluding tert-OH is 1. The Balaban J connectivity index is 1.96. The van der Waals surface area contributed by atoms with Crippen LogP contribution in [0.2, 0.25) is 18.1 Å². The van der Waals surface area contributed by atoms with Gasteiger partial charge in [0.05, 0.1) is 30.5 Å². The standard InChI is InChI=1S/C30H54O4Si/c1-12-35(13-2,14-3)34-23-15-22-28(10,17-33-22)25-21(7)30(32)16-18(4)19(5)24(27(30,8)9)20(6)26(31)29(23,25)11/h18,20-23,25-26,31-32H,12-17H2,1-11H3/t18-,20-,21-,22+,23?,25+,26-,28+,29+,30+/m0/s1. The van der Waals surface area contributed by atoms with E-state index >= 15 is 0 Å². The van der Waals surface area contributed by atoms with Crippen LogP contribution in [-0.2, 0) is 9.16 Å². The van der Waals surface area contributed by atoms with Gasteiger partial charge < -0.3 is 19.4 Å². The van der Waals surface area contributed by atoms with E-state index in [1.807, 2.05) is 0 Å². The SMILES string of the molecule is CC[Si](CC)(CC)OC1C[C@H]2OC[C@@]2(C)[C@H]2[C@H](C)[C@]3(O)C[C@H](C)C(C)=C([C@H](C)[C@H](O)[C@]12C)C3(C)C. The highest BCUT2D eigenvalue weighted by Gasteiger charge is 2.72. The zero-order valence-electron chi connectivity index (χ0n) is 24.5. The summed E-state index contributed by atoms with van der Waals surface area (Å²) in [6, 6.07) is 3.29. The second kappa shape index (κ2) is 8.66. The van der Waals surface area contributed by atoms with Crippen LogP contribution in [0.4, 0.5) is 0 Å². The minimum atomic E-state index is -1.92. The molecule has 2 saturated carbocycles. The van der Waals surface area contributed by atoms with E-state index in [1.54, 1.807) is 0 Å². The van der Waals surface area contributed by atoms with Crippen molar-refractivity contribution in [3.05, 3.63) is 11.1 Å². The van der Waals surface area contributed by atoms with Crippen LogP contribution in [0.5, 0.6) is 0 Å². The highest BCUT2D eigenvalue weighted by molar-refractivity contribution is 6.73. The van der Waals surface area contributed by atoms with E-state index < -0.39 is 30.9 Å². The van der Waals surface area contributed by atoms with Crippen molar-refractivity contribution in [2.45, 2.75) is 131 Å². The van der Waals surface area contributed by atoms with Crippen LogP contribution < -0.4 is 0 Å². The van der Waals surface area contributed by atoms with Crippen LogP contribution in [0.3, 0.4) is 0 Å². The number of hydrogen-bond acceptors (Lipinski definition) is 4. The third kappa shape index (κ3) is 3.43. The largest absolute Gasteiger partial charge is 0.413 e. The highest BCUT2D eigenvalue weighted by atomic mass is 28.4. The maximum absolute atomic E-state index is 12.8. The Morgan fingerprint density at radius 3 is 2.09 bits per heavy atom. The molecule has 202 valence electrons. The normalized spacial score (nSPS) is 49.5. The van der Waals surface area contributed by atoms with Crippen molar-refractivity contribution < 1.29 is 19.4 Å². The Bertz CT molecular complexity index is 856. The second-order valence-corrected chi connectivity index (χ2v) is 18.7. The number of aliphatic hydroxyl groups is 2. The molecule has 1 unspecified atom stereocenters. The van der Waals surface area contributed by atoms with Gasteiger partial charge in [-0.1, -0.05) is 80.4 Å². The molecule has 35 heavy (non-hydrogen) atoms. The summed E-state index contributed by atoms with van der Waals surface area (Å²) >= 11 is 0. The molecule has 0 aromatic rings. The van der Waals surface area contributed by atoms with Gasteiger partial charge in [0.25, 0.3) is 0 Å². The van der Waals surface area contributed by atoms with Gasteiger partial charge >= 0.3 is 0 Å². The first-order valence-electron chi connectivity index (χ1n) is 14.5. The van der Waals surface area contributed by atoms with Gasteiger partial charge in [-0.15, -0.1) is 0 Å². The van der Waals surface area contributed by atoms with Gasteiger partial charge in [0.15, 0.2) is 8.32 Å². The van der Waals surface area contributed by atoms with Crippen molar-refractivity contribution in [3.8, 4) is 0 Å². The van der Waals surface area contributed by atoms with Gasteiger partial charge in [0.2, 0.25) is 0 Å². The van der Waals surface area contributed by atoms with E-state index in [1.165, 1.54) is 11.1 Å². The molecule has 0 aromatic carbocycles. The van der Waals surface area contributed by atoms with E-state index in [2.05, 4.69) is 76.2 Å². The van der Waals surface area contributed by atoms with E-state index in [-0.39, 0.29) is 35.4 Å². The van der Waals surface area contributed by atoms with Gasteiger partial charge in [0, 0.05) is 22.2 Å². The van der Waals surface area contributed by atoms with Crippen LogP contribution in [0.15, 0.2) is 11.1 Å². The van der Waals surface area contributed by atoms with E-state index in [0.717, 1.165) is 31.0 Å². The predicted molar refractivity (Wildman–Crippen MR) is 146 cm³/mol. The van der Waals surface area contributed by atoms with Crippen molar-refractivity contribution in [1.82, 2.24) is 0 Å². The summed E-state index contributed by atoms with van der Waals surface area (Å²) in [5.74, 6) is 0.395. The maximum Gasteiger partial charge on any atom is 0.192 e. The summed E-state index contributed by atoms with van der Waals surface area (Å²) in [4.78, 5) is 0. The average molecular weight is 507 g/mol. The number of hydrogen-bond donors (Lipinski definition) is 2. The lowest BCUT2D eigenvalue weighted by Crippen LogP contribution is -2.75. The van der Waals surface area contributed by atoms with Crippen molar-refractivity contribution >= 4 is 8.32 Å². The zero-order valence-corrected chi connectivity index (χ0v) is 25.5. The monoisotopic (exact) mass is 506 g/mol. The maximum atomic E-state index is 12.8. The van der Waals surface area contributed by atoms with Gasteiger partial charge in [-0.25, -0.2) is 0 Å². The summed E-state index contributed by atoms with van der Waals surface area (Å²) in [6.45, 7) is 25.7. The molecule has 1 saturated heterocycles. The molecule has 0 aromatic heterocycles. The van der Waals surface area contributed by atoms with Crippen LogP contribution in [0, 0.1) is 39.9 Å². The van der Waals surface area contributed by atoms with Crippen molar-refractivity contribution in [1.29, 1.82) is 0 Å². The van der Waals surface area contributed by atoms with E-state index in [9.17, 15) is 10.2 Å². The Hall–Kier alpha value is -0.203. The quantitative estimate of drug-likeness (QED) is 0.327. The molecule has 0 spiro atoms. The molecule has 4 rings (SSSR count). The molecule has 4 nitrogen and oxygen atoms in total. The first-order valence-corrected chi connectivity index (χ1v) is 17.0. The minimum absolute atomic E-state index is 0.0129. The third-order valence-corrected chi connectivity index (χ3v) is 17.2. The van der Waals surface area contributed by atoms with Gasteiger partial charge in [-0.2, -0.15) is 0 Å². The number of allylic oxidation sites excluding steroid dienone is 1. The van der Waals surface area contributed by atoms with Crippen molar-refractivity contribution in [3.63, 3.8) is 0 Å². The number of rotatable bonds is 5. The zero-order chi connectivity index (χ0) is 26.4. The second-order valence-electron chi connectivity index (χ2n) is 14.0. The molecule has 2 bridgehead atoms. The molecule has 0 amide bonds. The molecule has 4 aliphatic rings. The summed E-state index contributed by atoms with van der Waals surface area (Å²) < 4.78 is 13.6. The number of fused-ring (bicyclic) bond motifs is 5.